The Hall–Kier alpha value is 0.230. The standard InChI is InChI=1S/C14H15Br2ClO2.ClH/c1-13(2)9(10(13)12(18)19)11(15)14(16,17)8-6-4-3-5-7-8;/h3-7,9-11H,1-2H3,(H,18,19);1H. The van der Waals surface area contributed by atoms with Crippen LogP contribution in [0.3, 0.4) is 0 Å². The highest BCUT2D eigenvalue weighted by Crippen LogP contribution is 2.66. The van der Waals surface area contributed by atoms with Crippen LogP contribution in [0, 0.1) is 17.3 Å². The van der Waals surface area contributed by atoms with Gasteiger partial charge in [-0.2, -0.15) is 0 Å². The lowest BCUT2D eigenvalue weighted by molar-refractivity contribution is -0.139. The highest BCUT2D eigenvalue weighted by Gasteiger charge is 2.67. The first-order valence-electron chi connectivity index (χ1n) is 6.01. The molecule has 1 aliphatic rings. The molecule has 1 N–H and O–H groups in total. The molecular formula is C14H16Br2Cl2O2. The van der Waals surface area contributed by atoms with E-state index in [0.717, 1.165) is 5.56 Å². The van der Waals surface area contributed by atoms with Gasteiger partial charge in [-0.25, -0.2) is 0 Å². The minimum absolute atomic E-state index is 0. The summed E-state index contributed by atoms with van der Waals surface area (Å²) in [6.45, 7) is 3.94. The van der Waals surface area contributed by atoms with Gasteiger partial charge in [-0.3, -0.25) is 4.79 Å². The van der Waals surface area contributed by atoms with Crippen molar-refractivity contribution in [3.8, 4) is 0 Å². The average Bonchev–Trinajstić information content (AvgIpc) is 2.92. The summed E-state index contributed by atoms with van der Waals surface area (Å²) in [7, 11) is 0. The molecule has 1 fully saturated rings. The fraction of sp³-hybridized carbons (Fsp3) is 0.500. The lowest BCUT2D eigenvalue weighted by atomic mass is 10.0. The fourth-order valence-electron chi connectivity index (χ4n) is 2.74. The third-order valence-corrected chi connectivity index (χ3v) is 7.54. The topological polar surface area (TPSA) is 37.3 Å². The molecule has 2 nitrogen and oxygen atoms in total. The number of hydrogen-bond acceptors (Lipinski definition) is 1. The Morgan fingerprint density at radius 3 is 2.30 bits per heavy atom. The van der Waals surface area contributed by atoms with E-state index in [2.05, 4.69) is 31.9 Å². The van der Waals surface area contributed by atoms with Crippen molar-refractivity contribution in [1.82, 2.24) is 0 Å². The van der Waals surface area contributed by atoms with Crippen molar-refractivity contribution in [2.45, 2.75) is 22.5 Å². The largest absolute Gasteiger partial charge is 0.481 e. The second-order valence-electron chi connectivity index (χ2n) is 5.55. The van der Waals surface area contributed by atoms with Gasteiger partial charge in [0.25, 0.3) is 0 Å². The Morgan fingerprint density at radius 1 is 1.40 bits per heavy atom. The molecule has 4 atom stereocenters. The number of benzene rings is 1. The number of aliphatic carboxylic acids is 1. The fourth-order valence-corrected chi connectivity index (χ4v) is 4.80. The quantitative estimate of drug-likeness (QED) is 0.660. The van der Waals surface area contributed by atoms with Gasteiger partial charge < -0.3 is 5.11 Å². The van der Waals surface area contributed by atoms with Gasteiger partial charge in [0.05, 0.1) is 10.7 Å². The van der Waals surface area contributed by atoms with Gasteiger partial charge in [-0.15, -0.1) is 24.0 Å². The number of rotatable bonds is 4. The maximum absolute atomic E-state index is 11.3. The number of alkyl halides is 3. The van der Waals surface area contributed by atoms with Gasteiger partial charge in [-0.05, 0) is 16.9 Å². The zero-order valence-electron chi connectivity index (χ0n) is 11.0. The second kappa shape index (κ2) is 6.15. The summed E-state index contributed by atoms with van der Waals surface area (Å²) in [6, 6.07) is 9.62. The summed E-state index contributed by atoms with van der Waals surface area (Å²) in [4.78, 5) is 11.1. The van der Waals surface area contributed by atoms with E-state index in [0.29, 0.717) is 0 Å². The molecule has 4 unspecified atom stereocenters. The van der Waals surface area contributed by atoms with Crippen molar-refractivity contribution in [3.63, 3.8) is 0 Å². The van der Waals surface area contributed by atoms with Crippen molar-refractivity contribution in [2.75, 3.05) is 0 Å². The van der Waals surface area contributed by atoms with E-state index < -0.39 is 9.75 Å². The summed E-state index contributed by atoms with van der Waals surface area (Å²) in [5.41, 5.74) is 0.674. The molecule has 2 rings (SSSR count). The molecule has 0 saturated heterocycles. The smallest absolute Gasteiger partial charge is 0.307 e. The average molecular weight is 447 g/mol. The molecule has 0 aromatic heterocycles. The van der Waals surface area contributed by atoms with Crippen LogP contribution in [0.15, 0.2) is 30.3 Å². The summed E-state index contributed by atoms with van der Waals surface area (Å²) in [6.07, 6.45) is 0. The van der Waals surface area contributed by atoms with Gasteiger partial charge in [0.2, 0.25) is 0 Å². The van der Waals surface area contributed by atoms with Crippen molar-refractivity contribution in [3.05, 3.63) is 35.9 Å². The summed E-state index contributed by atoms with van der Waals surface area (Å²) < 4.78 is -0.805. The van der Waals surface area contributed by atoms with Crippen LogP contribution in [-0.2, 0) is 8.58 Å². The van der Waals surface area contributed by atoms with E-state index in [1.807, 2.05) is 44.2 Å². The van der Waals surface area contributed by atoms with E-state index in [9.17, 15) is 9.90 Å². The summed E-state index contributed by atoms with van der Waals surface area (Å²) in [5, 5.41) is 9.27. The zero-order chi connectivity index (χ0) is 14.4. The Morgan fingerprint density at radius 2 is 1.90 bits per heavy atom. The second-order valence-corrected chi connectivity index (χ2v) is 8.84. The van der Waals surface area contributed by atoms with Gasteiger partial charge >= 0.3 is 5.97 Å². The van der Waals surface area contributed by atoms with Crippen LogP contribution < -0.4 is 0 Å². The van der Waals surface area contributed by atoms with Crippen LogP contribution in [0.4, 0.5) is 0 Å². The van der Waals surface area contributed by atoms with E-state index in [1.54, 1.807) is 0 Å². The summed E-state index contributed by atoms with van der Waals surface area (Å²) >= 11 is 13.8. The van der Waals surface area contributed by atoms with Crippen molar-refractivity contribution < 1.29 is 9.90 Å². The lowest BCUT2D eigenvalue weighted by Crippen LogP contribution is -2.27. The third-order valence-electron chi connectivity index (χ3n) is 4.00. The first-order valence-corrected chi connectivity index (χ1v) is 8.09. The molecule has 0 aliphatic heterocycles. The van der Waals surface area contributed by atoms with Crippen LogP contribution >= 0.6 is 55.9 Å². The SMILES string of the molecule is CC1(C)C(C(=O)O)C1C(Br)C(Cl)(Br)c1ccccc1.Cl. The normalized spacial score (nSPS) is 27.9. The van der Waals surface area contributed by atoms with Crippen LogP contribution in [0.2, 0.25) is 0 Å². The number of hydrogen-bond donors (Lipinski definition) is 1. The van der Waals surface area contributed by atoms with Crippen LogP contribution in [-0.4, -0.2) is 15.9 Å². The lowest BCUT2D eigenvalue weighted by Gasteiger charge is -2.27. The van der Waals surface area contributed by atoms with Crippen molar-refractivity contribution >= 4 is 61.8 Å². The molecule has 0 heterocycles. The molecule has 6 heteroatoms. The molecule has 1 aromatic carbocycles. The third kappa shape index (κ3) is 3.03. The zero-order valence-corrected chi connectivity index (χ0v) is 15.8. The van der Waals surface area contributed by atoms with E-state index in [-0.39, 0.29) is 34.5 Å². The summed E-state index contributed by atoms with van der Waals surface area (Å²) in [5.74, 6) is -1.13. The highest BCUT2D eigenvalue weighted by atomic mass is 79.9. The molecule has 1 saturated carbocycles. The Balaban J connectivity index is 0.00000200. The van der Waals surface area contributed by atoms with E-state index >= 15 is 0 Å². The maximum Gasteiger partial charge on any atom is 0.307 e. The Labute approximate surface area is 146 Å². The first-order chi connectivity index (χ1) is 8.70. The predicted octanol–water partition coefficient (Wildman–Crippen LogP) is 5.02. The van der Waals surface area contributed by atoms with Crippen LogP contribution in [0.5, 0.6) is 0 Å². The van der Waals surface area contributed by atoms with Crippen molar-refractivity contribution in [2.24, 2.45) is 17.3 Å². The van der Waals surface area contributed by atoms with E-state index in [4.69, 9.17) is 11.6 Å². The minimum Gasteiger partial charge on any atom is -0.481 e. The number of carboxylic acids is 1. The highest BCUT2D eigenvalue weighted by molar-refractivity contribution is 9.12. The monoisotopic (exact) mass is 444 g/mol. The molecule has 1 aromatic rings. The van der Waals surface area contributed by atoms with E-state index in [1.165, 1.54) is 0 Å². The van der Waals surface area contributed by atoms with Gasteiger partial charge in [0.1, 0.15) is 3.78 Å². The molecule has 0 amide bonds. The molecule has 20 heavy (non-hydrogen) atoms. The minimum atomic E-state index is -0.805. The molecule has 0 bridgehead atoms. The predicted molar refractivity (Wildman–Crippen MR) is 91.3 cm³/mol. The van der Waals surface area contributed by atoms with Crippen LogP contribution in [0.1, 0.15) is 19.4 Å². The Bertz CT molecular complexity index is 491. The molecule has 112 valence electrons. The Kier molecular flexibility index (Phi) is 5.62. The van der Waals surface area contributed by atoms with Crippen LogP contribution in [0.25, 0.3) is 0 Å². The maximum atomic E-state index is 11.3. The number of carbonyl (C=O) groups is 1. The molecular weight excluding hydrogens is 431 g/mol. The van der Waals surface area contributed by atoms with Crippen molar-refractivity contribution in [1.29, 1.82) is 0 Å². The first kappa shape index (κ1) is 18.3. The van der Waals surface area contributed by atoms with Gasteiger partial charge in [-0.1, -0.05) is 76.0 Å². The van der Waals surface area contributed by atoms with Gasteiger partial charge in [0.15, 0.2) is 0 Å². The molecule has 0 spiro atoms. The number of halogens is 4. The molecule has 0 radical (unpaired) electrons. The van der Waals surface area contributed by atoms with Gasteiger partial charge in [0, 0.05) is 0 Å². The number of carboxylic acid groups (broad SMARTS) is 1. The molecule has 1 aliphatic carbocycles.